The van der Waals surface area contributed by atoms with Gasteiger partial charge in [-0.25, -0.2) is 0 Å². The van der Waals surface area contributed by atoms with Gasteiger partial charge < -0.3 is 19.5 Å². The summed E-state index contributed by atoms with van der Waals surface area (Å²) in [5.41, 5.74) is 1.15. The van der Waals surface area contributed by atoms with E-state index in [1.54, 1.807) is 0 Å². The molecule has 5 nitrogen and oxygen atoms in total. The summed E-state index contributed by atoms with van der Waals surface area (Å²) in [6, 6.07) is 6.95. The molecule has 2 aliphatic rings. The lowest BCUT2D eigenvalue weighted by Gasteiger charge is -2.33. The highest BCUT2D eigenvalue weighted by atomic mass is 16.5. The van der Waals surface area contributed by atoms with Crippen molar-refractivity contribution < 1.29 is 14.2 Å². The standard InChI is InChI=1S/C20H32N2O3/c1-3-11-25-20-16(6-5-7-19(20)23-4-2)13-21-14-18-15-22(10-12-24-18)17-8-9-17/h5-7,17-18,21H,3-4,8-15H2,1-2H3. The molecule has 1 unspecified atom stereocenters. The Morgan fingerprint density at radius 2 is 2.12 bits per heavy atom. The summed E-state index contributed by atoms with van der Waals surface area (Å²) in [5, 5.41) is 3.55. The first-order chi connectivity index (χ1) is 12.3. The molecule has 1 aromatic carbocycles. The number of benzene rings is 1. The van der Waals surface area contributed by atoms with Gasteiger partial charge in [0.2, 0.25) is 0 Å². The number of para-hydroxylation sites is 1. The molecule has 1 aliphatic heterocycles. The van der Waals surface area contributed by atoms with Gasteiger partial charge in [0.15, 0.2) is 11.5 Å². The summed E-state index contributed by atoms with van der Waals surface area (Å²) in [4.78, 5) is 2.58. The van der Waals surface area contributed by atoms with Gasteiger partial charge in [-0.15, -0.1) is 0 Å². The maximum absolute atomic E-state index is 5.96. The molecule has 1 aliphatic carbocycles. The van der Waals surface area contributed by atoms with Crippen molar-refractivity contribution in [1.82, 2.24) is 10.2 Å². The van der Waals surface area contributed by atoms with E-state index in [2.05, 4.69) is 23.2 Å². The van der Waals surface area contributed by atoms with Crippen LogP contribution in [0.25, 0.3) is 0 Å². The monoisotopic (exact) mass is 348 g/mol. The van der Waals surface area contributed by atoms with E-state index >= 15 is 0 Å². The molecular formula is C20H32N2O3. The van der Waals surface area contributed by atoms with E-state index in [1.165, 1.54) is 12.8 Å². The van der Waals surface area contributed by atoms with E-state index < -0.39 is 0 Å². The van der Waals surface area contributed by atoms with Crippen molar-refractivity contribution in [1.29, 1.82) is 0 Å². The van der Waals surface area contributed by atoms with Crippen LogP contribution < -0.4 is 14.8 Å². The highest BCUT2D eigenvalue weighted by Crippen LogP contribution is 2.32. The van der Waals surface area contributed by atoms with Gasteiger partial charge in [0.25, 0.3) is 0 Å². The van der Waals surface area contributed by atoms with E-state index in [1.807, 2.05) is 19.1 Å². The Morgan fingerprint density at radius 3 is 2.88 bits per heavy atom. The normalized spacial score (nSPS) is 21.3. The number of rotatable bonds is 10. The third kappa shape index (κ3) is 5.33. The average Bonchev–Trinajstić information content (AvgIpc) is 3.47. The fourth-order valence-electron chi connectivity index (χ4n) is 3.34. The number of nitrogens with zero attached hydrogens (tertiary/aromatic N) is 1. The zero-order valence-corrected chi connectivity index (χ0v) is 15.6. The van der Waals surface area contributed by atoms with Gasteiger partial charge in [-0.2, -0.15) is 0 Å². The molecule has 25 heavy (non-hydrogen) atoms. The summed E-state index contributed by atoms with van der Waals surface area (Å²) in [6.07, 6.45) is 4.00. The van der Waals surface area contributed by atoms with Crippen LogP contribution in [-0.2, 0) is 11.3 Å². The summed E-state index contributed by atoms with van der Waals surface area (Å²) in [6.45, 7) is 10.1. The first kappa shape index (κ1) is 18.5. The molecule has 0 radical (unpaired) electrons. The van der Waals surface area contributed by atoms with Crippen molar-refractivity contribution in [2.45, 2.75) is 51.8 Å². The molecule has 0 amide bonds. The zero-order chi connectivity index (χ0) is 17.5. The van der Waals surface area contributed by atoms with Crippen LogP contribution in [0.5, 0.6) is 11.5 Å². The van der Waals surface area contributed by atoms with E-state index in [0.29, 0.717) is 13.2 Å². The van der Waals surface area contributed by atoms with E-state index in [9.17, 15) is 0 Å². The molecule has 2 fully saturated rings. The van der Waals surface area contributed by atoms with Crippen molar-refractivity contribution in [2.24, 2.45) is 0 Å². The Balaban J connectivity index is 1.53. The van der Waals surface area contributed by atoms with E-state index in [4.69, 9.17) is 14.2 Å². The van der Waals surface area contributed by atoms with Crippen molar-refractivity contribution >= 4 is 0 Å². The molecule has 0 bridgehead atoms. The number of ether oxygens (including phenoxy) is 3. The predicted octanol–water partition coefficient (Wildman–Crippen LogP) is 2.83. The van der Waals surface area contributed by atoms with Gasteiger partial charge >= 0.3 is 0 Å². The number of morpholine rings is 1. The highest BCUT2D eigenvalue weighted by Gasteiger charge is 2.32. The SMILES string of the molecule is CCCOc1c(CNCC2CN(C3CC3)CCO2)cccc1OCC. The Bertz CT molecular complexity index is 534. The minimum Gasteiger partial charge on any atom is -0.490 e. The van der Waals surface area contributed by atoms with Crippen molar-refractivity contribution in [3.05, 3.63) is 23.8 Å². The molecule has 1 saturated heterocycles. The van der Waals surface area contributed by atoms with Crippen LogP contribution in [0.2, 0.25) is 0 Å². The maximum Gasteiger partial charge on any atom is 0.165 e. The average molecular weight is 348 g/mol. The van der Waals surface area contributed by atoms with Crippen molar-refractivity contribution in [3.8, 4) is 11.5 Å². The smallest absolute Gasteiger partial charge is 0.165 e. The quantitative estimate of drug-likeness (QED) is 0.704. The highest BCUT2D eigenvalue weighted by molar-refractivity contribution is 5.46. The molecule has 0 aromatic heterocycles. The molecule has 3 rings (SSSR count). The maximum atomic E-state index is 5.96. The van der Waals surface area contributed by atoms with Crippen molar-refractivity contribution in [3.63, 3.8) is 0 Å². The van der Waals surface area contributed by atoms with Crippen LogP contribution >= 0.6 is 0 Å². The number of hydrogen-bond acceptors (Lipinski definition) is 5. The Labute approximate surface area is 151 Å². The molecule has 1 atom stereocenters. The molecule has 1 heterocycles. The van der Waals surface area contributed by atoms with Crippen LogP contribution in [-0.4, -0.2) is 56.5 Å². The first-order valence-corrected chi connectivity index (χ1v) is 9.75. The van der Waals surface area contributed by atoms with Gasteiger partial charge in [-0.05, 0) is 32.3 Å². The largest absolute Gasteiger partial charge is 0.490 e. The lowest BCUT2D eigenvalue weighted by Crippen LogP contribution is -2.47. The molecule has 0 spiro atoms. The zero-order valence-electron chi connectivity index (χ0n) is 15.6. The lowest BCUT2D eigenvalue weighted by molar-refractivity contribution is -0.0301. The summed E-state index contributed by atoms with van der Waals surface area (Å²) < 4.78 is 17.6. The number of hydrogen-bond donors (Lipinski definition) is 1. The van der Waals surface area contributed by atoms with Gasteiger partial charge in [0, 0.05) is 37.8 Å². The second-order valence-corrected chi connectivity index (χ2v) is 6.88. The fraction of sp³-hybridized carbons (Fsp3) is 0.700. The third-order valence-electron chi connectivity index (χ3n) is 4.73. The Hall–Kier alpha value is -1.30. The third-order valence-corrected chi connectivity index (χ3v) is 4.73. The summed E-state index contributed by atoms with van der Waals surface area (Å²) >= 11 is 0. The Kier molecular flexibility index (Phi) is 6.96. The predicted molar refractivity (Wildman–Crippen MR) is 99.4 cm³/mol. The second kappa shape index (κ2) is 9.41. The first-order valence-electron chi connectivity index (χ1n) is 9.75. The number of nitrogens with one attached hydrogen (secondary N) is 1. The van der Waals surface area contributed by atoms with Gasteiger partial charge in [0.1, 0.15) is 0 Å². The second-order valence-electron chi connectivity index (χ2n) is 6.88. The molecule has 1 saturated carbocycles. The van der Waals surface area contributed by atoms with Crippen LogP contribution in [0.4, 0.5) is 0 Å². The minimum atomic E-state index is 0.282. The van der Waals surface area contributed by atoms with Gasteiger partial charge in [-0.1, -0.05) is 19.1 Å². The Morgan fingerprint density at radius 1 is 1.24 bits per heavy atom. The van der Waals surface area contributed by atoms with E-state index in [0.717, 1.165) is 62.3 Å². The van der Waals surface area contributed by atoms with E-state index in [-0.39, 0.29) is 6.10 Å². The van der Waals surface area contributed by atoms with Crippen molar-refractivity contribution in [2.75, 3.05) is 39.5 Å². The molecule has 1 N–H and O–H groups in total. The lowest BCUT2D eigenvalue weighted by atomic mass is 10.1. The van der Waals surface area contributed by atoms with Gasteiger partial charge in [-0.3, -0.25) is 4.90 Å². The molecular weight excluding hydrogens is 316 g/mol. The molecule has 1 aromatic rings. The summed E-state index contributed by atoms with van der Waals surface area (Å²) in [7, 11) is 0. The molecule has 5 heteroatoms. The van der Waals surface area contributed by atoms with Crippen LogP contribution in [0, 0.1) is 0 Å². The van der Waals surface area contributed by atoms with Crippen LogP contribution in [0.3, 0.4) is 0 Å². The van der Waals surface area contributed by atoms with Gasteiger partial charge in [0.05, 0.1) is 25.9 Å². The minimum absolute atomic E-state index is 0.282. The summed E-state index contributed by atoms with van der Waals surface area (Å²) in [5.74, 6) is 1.71. The van der Waals surface area contributed by atoms with Crippen LogP contribution in [0.15, 0.2) is 18.2 Å². The molecule has 140 valence electrons. The topological polar surface area (TPSA) is 43.0 Å². The fourth-order valence-corrected chi connectivity index (χ4v) is 3.34. The van der Waals surface area contributed by atoms with Crippen LogP contribution in [0.1, 0.15) is 38.7 Å².